The van der Waals surface area contributed by atoms with Gasteiger partial charge in [-0.2, -0.15) is 4.98 Å². The van der Waals surface area contributed by atoms with E-state index >= 15 is 0 Å². The summed E-state index contributed by atoms with van der Waals surface area (Å²) in [5.74, 6) is 2.52. The van der Waals surface area contributed by atoms with Crippen molar-refractivity contribution in [1.82, 2.24) is 15.1 Å². The quantitative estimate of drug-likeness (QED) is 0.761. The first-order chi connectivity index (χ1) is 10.2. The highest BCUT2D eigenvalue weighted by Gasteiger charge is 2.04. The first-order valence-corrected chi connectivity index (χ1v) is 6.56. The molecule has 0 unspecified atom stereocenters. The predicted octanol–water partition coefficient (Wildman–Crippen LogP) is 3.57. The van der Waals surface area contributed by atoms with Gasteiger partial charge < -0.3 is 15.2 Å². The maximum Gasteiger partial charge on any atom is 0.229 e. The first kappa shape index (κ1) is 13.1. The molecule has 3 aromatic rings. The van der Waals surface area contributed by atoms with Gasteiger partial charge >= 0.3 is 0 Å². The monoisotopic (exact) mass is 281 g/mol. The third kappa shape index (κ3) is 3.36. The van der Waals surface area contributed by atoms with E-state index in [-0.39, 0.29) is 0 Å². The van der Waals surface area contributed by atoms with Crippen LogP contribution in [0.15, 0.2) is 47.1 Å². The molecule has 0 saturated heterocycles. The third-order valence-corrected chi connectivity index (χ3v) is 2.81. The molecule has 0 bridgehead atoms. The summed E-state index contributed by atoms with van der Waals surface area (Å²) in [6, 6.07) is 11.6. The fourth-order valence-corrected chi connectivity index (χ4v) is 1.90. The van der Waals surface area contributed by atoms with Crippen molar-refractivity contribution in [2.75, 3.05) is 10.6 Å². The molecular weight excluding hydrogens is 266 g/mol. The van der Waals surface area contributed by atoms with E-state index < -0.39 is 0 Å². The number of aromatic nitrogens is 3. The highest BCUT2D eigenvalue weighted by atomic mass is 16.5. The van der Waals surface area contributed by atoms with E-state index in [0.29, 0.717) is 17.6 Å². The molecule has 6 heteroatoms. The van der Waals surface area contributed by atoms with Gasteiger partial charge in [0.2, 0.25) is 5.95 Å². The van der Waals surface area contributed by atoms with Crippen molar-refractivity contribution in [3.63, 3.8) is 0 Å². The van der Waals surface area contributed by atoms with Crippen molar-refractivity contribution >= 4 is 23.3 Å². The van der Waals surface area contributed by atoms with Crippen LogP contribution in [0, 0.1) is 13.8 Å². The van der Waals surface area contributed by atoms with Crippen LogP contribution in [0.25, 0.3) is 0 Å². The van der Waals surface area contributed by atoms with Crippen LogP contribution in [-0.2, 0) is 0 Å². The van der Waals surface area contributed by atoms with Crippen LogP contribution < -0.4 is 10.6 Å². The third-order valence-electron chi connectivity index (χ3n) is 2.81. The lowest BCUT2D eigenvalue weighted by Crippen LogP contribution is -2.00. The largest absolute Gasteiger partial charge is 0.360 e. The minimum atomic E-state index is 0.519. The van der Waals surface area contributed by atoms with Crippen molar-refractivity contribution in [3.05, 3.63) is 53.9 Å². The Labute approximate surface area is 122 Å². The van der Waals surface area contributed by atoms with Crippen LogP contribution in [0.4, 0.5) is 23.3 Å². The van der Waals surface area contributed by atoms with E-state index in [1.165, 1.54) is 5.56 Å². The average Bonchev–Trinajstić information content (AvgIpc) is 2.84. The second-order valence-corrected chi connectivity index (χ2v) is 4.71. The van der Waals surface area contributed by atoms with Crippen molar-refractivity contribution in [3.8, 4) is 0 Å². The number of hydrogen-bond donors (Lipinski definition) is 2. The zero-order chi connectivity index (χ0) is 14.7. The van der Waals surface area contributed by atoms with Crippen molar-refractivity contribution in [1.29, 1.82) is 0 Å². The fourth-order valence-electron chi connectivity index (χ4n) is 1.90. The van der Waals surface area contributed by atoms with E-state index in [2.05, 4.69) is 25.8 Å². The molecule has 0 aliphatic rings. The summed E-state index contributed by atoms with van der Waals surface area (Å²) in [6.45, 7) is 3.87. The van der Waals surface area contributed by atoms with Gasteiger partial charge in [0, 0.05) is 18.0 Å². The maximum absolute atomic E-state index is 5.00. The summed E-state index contributed by atoms with van der Waals surface area (Å²) in [6.07, 6.45) is 1.68. The molecule has 0 aliphatic carbocycles. The lowest BCUT2D eigenvalue weighted by atomic mass is 10.2. The normalized spacial score (nSPS) is 10.4. The molecular formula is C15H15N5O. The minimum Gasteiger partial charge on any atom is -0.360 e. The van der Waals surface area contributed by atoms with Crippen LogP contribution >= 0.6 is 0 Å². The van der Waals surface area contributed by atoms with Crippen molar-refractivity contribution in [2.24, 2.45) is 0 Å². The van der Waals surface area contributed by atoms with Gasteiger partial charge in [-0.3, -0.25) is 0 Å². The van der Waals surface area contributed by atoms with E-state index in [4.69, 9.17) is 4.52 Å². The number of nitrogens with zero attached hydrogens (tertiary/aromatic N) is 3. The summed E-state index contributed by atoms with van der Waals surface area (Å²) in [7, 11) is 0. The van der Waals surface area contributed by atoms with Crippen molar-refractivity contribution < 1.29 is 4.52 Å². The van der Waals surface area contributed by atoms with Gasteiger partial charge in [-0.15, -0.1) is 0 Å². The van der Waals surface area contributed by atoms with Crippen LogP contribution in [0.5, 0.6) is 0 Å². The minimum absolute atomic E-state index is 0.519. The molecule has 6 nitrogen and oxygen atoms in total. The SMILES string of the molecule is Cc1cccc(Nc2nccc(Nc3cc(C)on3)n2)c1. The summed E-state index contributed by atoms with van der Waals surface area (Å²) in [5.41, 5.74) is 2.12. The molecule has 0 spiro atoms. The van der Waals surface area contributed by atoms with Crippen molar-refractivity contribution in [2.45, 2.75) is 13.8 Å². The molecule has 2 N–H and O–H groups in total. The molecule has 2 aromatic heterocycles. The number of hydrogen-bond acceptors (Lipinski definition) is 6. The van der Waals surface area contributed by atoms with E-state index in [1.54, 1.807) is 18.3 Å². The Morgan fingerprint density at radius 1 is 1.00 bits per heavy atom. The van der Waals surface area contributed by atoms with E-state index in [0.717, 1.165) is 11.4 Å². The zero-order valence-electron chi connectivity index (χ0n) is 11.8. The van der Waals surface area contributed by atoms with Gasteiger partial charge in [0.15, 0.2) is 5.82 Å². The fraction of sp³-hybridized carbons (Fsp3) is 0.133. The van der Waals surface area contributed by atoms with Gasteiger partial charge in [-0.25, -0.2) is 4.98 Å². The molecule has 0 amide bonds. The summed E-state index contributed by atoms with van der Waals surface area (Å²) < 4.78 is 5.00. The Kier molecular flexibility index (Phi) is 3.51. The van der Waals surface area contributed by atoms with Gasteiger partial charge in [0.1, 0.15) is 11.6 Å². The molecule has 0 saturated carbocycles. The molecule has 106 valence electrons. The lowest BCUT2D eigenvalue weighted by Gasteiger charge is -2.07. The molecule has 2 heterocycles. The molecule has 0 aliphatic heterocycles. The standard InChI is InChI=1S/C15H15N5O/c1-10-4-3-5-12(8-10)17-15-16-7-6-13(19-15)18-14-9-11(2)21-20-14/h3-9H,1-2H3,(H2,16,17,18,19,20). The zero-order valence-corrected chi connectivity index (χ0v) is 11.8. The van der Waals surface area contributed by atoms with Gasteiger partial charge in [0.05, 0.1) is 0 Å². The number of aryl methyl sites for hydroxylation is 2. The number of anilines is 4. The number of nitrogens with one attached hydrogen (secondary N) is 2. The highest BCUT2D eigenvalue weighted by molar-refractivity contribution is 5.57. The molecule has 3 rings (SSSR count). The number of benzene rings is 1. The van der Waals surface area contributed by atoms with E-state index in [9.17, 15) is 0 Å². The Morgan fingerprint density at radius 3 is 2.67 bits per heavy atom. The Morgan fingerprint density at radius 2 is 1.90 bits per heavy atom. The Hall–Kier alpha value is -2.89. The summed E-state index contributed by atoms with van der Waals surface area (Å²) in [5, 5.41) is 10.1. The second kappa shape index (κ2) is 5.62. The number of rotatable bonds is 4. The predicted molar refractivity (Wildman–Crippen MR) is 81.0 cm³/mol. The molecule has 1 aromatic carbocycles. The highest BCUT2D eigenvalue weighted by Crippen LogP contribution is 2.18. The second-order valence-electron chi connectivity index (χ2n) is 4.71. The molecule has 21 heavy (non-hydrogen) atoms. The van der Waals surface area contributed by atoms with Crippen LogP contribution in [0.1, 0.15) is 11.3 Å². The van der Waals surface area contributed by atoms with Gasteiger partial charge in [-0.05, 0) is 37.6 Å². The summed E-state index contributed by atoms with van der Waals surface area (Å²) >= 11 is 0. The van der Waals surface area contributed by atoms with Crippen LogP contribution in [0.2, 0.25) is 0 Å². The first-order valence-electron chi connectivity index (χ1n) is 6.56. The molecule has 0 atom stereocenters. The smallest absolute Gasteiger partial charge is 0.229 e. The van der Waals surface area contributed by atoms with Crippen LogP contribution in [0.3, 0.4) is 0 Å². The molecule has 0 fully saturated rings. The maximum atomic E-state index is 5.00. The van der Waals surface area contributed by atoms with E-state index in [1.807, 2.05) is 38.1 Å². The summed E-state index contributed by atoms with van der Waals surface area (Å²) in [4.78, 5) is 8.59. The topological polar surface area (TPSA) is 75.9 Å². The Bertz CT molecular complexity index is 753. The van der Waals surface area contributed by atoms with Gasteiger partial charge in [0.25, 0.3) is 0 Å². The van der Waals surface area contributed by atoms with Gasteiger partial charge in [-0.1, -0.05) is 17.3 Å². The lowest BCUT2D eigenvalue weighted by molar-refractivity contribution is 0.400. The molecule has 0 radical (unpaired) electrons. The average molecular weight is 281 g/mol. The Balaban J connectivity index is 1.76. The van der Waals surface area contributed by atoms with Crippen LogP contribution in [-0.4, -0.2) is 15.1 Å².